The fraction of sp³-hybridized carbons (Fsp3) is 0.118. The number of nitrogens with zero attached hydrogens (tertiary/aromatic N) is 1. The third kappa shape index (κ3) is 3.10. The second kappa shape index (κ2) is 6.22. The number of halogens is 1. The Morgan fingerprint density at radius 2 is 1.57 bits per heavy atom. The van der Waals surface area contributed by atoms with E-state index in [1.807, 2.05) is 19.1 Å². The summed E-state index contributed by atoms with van der Waals surface area (Å²) in [6.45, 7) is 1.91. The third-order valence-electron chi connectivity index (χ3n) is 3.59. The van der Waals surface area contributed by atoms with Gasteiger partial charge in [-0.3, -0.25) is 14.6 Å². The molecule has 0 radical (unpaired) electrons. The van der Waals surface area contributed by atoms with E-state index >= 15 is 0 Å². The van der Waals surface area contributed by atoms with Crippen molar-refractivity contribution >= 4 is 28.7 Å². The Balaban J connectivity index is 1.81. The van der Waals surface area contributed by atoms with E-state index in [0.717, 1.165) is 5.56 Å². The number of nitrogens with one attached hydrogen (secondary N) is 2. The number of hydrogen-bond acceptors (Lipinski definition) is 5. The quantitative estimate of drug-likeness (QED) is 0.704. The lowest BCUT2D eigenvalue weighted by molar-refractivity contribution is 0.880. The summed E-state index contributed by atoms with van der Waals surface area (Å²) < 4.78 is 0. The van der Waals surface area contributed by atoms with Gasteiger partial charge in [0.2, 0.25) is 0 Å². The molecule has 116 valence electrons. The van der Waals surface area contributed by atoms with Crippen LogP contribution in [0.2, 0.25) is 5.02 Å². The maximum absolute atomic E-state index is 11.8. The number of benzene rings is 1. The lowest BCUT2D eigenvalue weighted by atomic mass is 10.1. The maximum Gasteiger partial charge on any atom is 0.253 e. The van der Waals surface area contributed by atoms with Crippen LogP contribution in [0.5, 0.6) is 0 Å². The van der Waals surface area contributed by atoms with Crippen LogP contribution in [-0.4, -0.2) is 4.98 Å². The molecule has 0 saturated carbocycles. The fourth-order valence-electron chi connectivity index (χ4n) is 2.28. The molecule has 2 N–H and O–H groups in total. The molecular formula is C17H14ClN3O2. The summed E-state index contributed by atoms with van der Waals surface area (Å²) >= 11 is 5.87. The Morgan fingerprint density at radius 1 is 0.957 bits per heavy atom. The number of aromatic nitrogens is 1. The second-order valence-corrected chi connectivity index (χ2v) is 5.62. The molecule has 23 heavy (non-hydrogen) atoms. The molecule has 0 aliphatic carbocycles. The molecule has 0 unspecified atom stereocenters. The van der Waals surface area contributed by atoms with Crippen molar-refractivity contribution < 1.29 is 0 Å². The van der Waals surface area contributed by atoms with E-state index in [2.05, 4.69) is 15.6 Å². The van der Waals surface area contributed by atoms with Crippen LogP contribution in [0.3, 0.4) is 0 Å². The standard InChI is InChI=1S/C17H14ClN3O2/c1-10(11-2-4-12(18)5-3-11)20-14-15(17(23)16(14)22)21-13-6-8-19-9-7-13/h2-10,20H,1H3,(H,19,21)/t10-/m0/s1. The first-order valence-electron chi connectivity index (χ1n) is 7.08. The zero-order chi connectivity index (χ0) is 16.4. The maximum atomic E-state index is 11.8. The number of hydrogen-bond donors (Lipinski definition) is 2. The summed E-state index contributed by atoms with van der Waals surface area (Å²) in [4.78, 5) is 27.5. The Morgan fingerprint density at radius 3 is 2.22 bits per heavy atom. The molecule has 1 atom stereocenters. The molecule has 6 heteroatoms. The second-order valence-electron chi connectivity index (χ2n) is 5.19. The van der Waals surface area contributed by atoms with Gasteiger partial charge < -0.3 is 10.6 Å². The average molecular weight is 328 g/mol. The van der Waals surface area contributed by atoms with Gasteiger partial charge in [0.1, 0.15) is 11.4 Å². The summed E-state index contributed by atoms with van der Waals surface area (Å²) in [7, 11) is 0. The van der Waals surface area contributed by atoms with Crippen molar-refractivity contribution in [1.82, 2.24) is 4.98 Å². The van der Waals surface area contributed by atoms with Crippen molar-refractivity contribution in [2.24, 2.45) is 0 Å². The highest BCUT2D eigenvalue weighted by molar-refractivity contribution is 6.30. The van der Waals surface area contributed by atoms with Gasteiger partial charge in [-0.05, 0) is 36.8 Å². The van der Waals surface area contributed by atoms with Gasteiger partial charge in [0, 0.05) is 29.1 Å². The van der Waals surface area contributed by atoms with Crippen LogP contribution < -0.4 is 21.5 Å². The Labute approximate surface area is 137 Å². The van der Waals surface area contributed by atoms with Crippen LogP contribution in [0.15, 0.2) is 58.4 Å². The first-order valence-corrected chi connectivity index (χ1v) is 7.46. The molecule has 0 fully saturated rings. The van der Waals surface area contributed by atoms with E-state index in [1.165, 1.54) is 0 Å². The molecule has 1 aromatic heterocycles. The van der Waals surface area contributed by atoms with Crippen molar-refractivity contribution in [1.29, 1.82) is 0 Å². The topological polar surface area (TPSA) is 71.1 Å². The largest absolute Gasteiger partial charge is 0.373 e. The summed E-state index contributed by atoms with van der Waals surface area (Å²) in [6, 6.07) is 10.6. The molecule has 0 amide bonds. The summed E-state index contributed by atoms with van der Waals surface area (Å²) in [5, 5.41) is 6.70. The Hall–Kier alpha value is -2.66. The predicted molar refractivity (Wildman–Crippen MR) is 92.4 cm³/mol. The highest BCUT2D eigenvalue weighted by Gasteiger charge is 2.22. The van der Waals surface area contributed by atoms with E-state index < -0.39 is 10.9 Å². The molecule has 1 heterocycles. The molecule has 0 saturated heterocycles. The normalized spacial score (nSPS) is 12.1. The van der Waals surface area contributed by atoms with Crippen LogP contribution in [0.25, 0.3) is 0 Å². The number of rotatable bonds is 5. The minimum Gasteiger partial charge on any atom is -0.373 e. The molecule has 0 aliphatic rings. The highest BCUT2D eigenvalue weighted by atomic mass is 35.5. The van der Waals surface area contributed by atoms with Gasteiger partial charge in [-0.25, -0.2) is 0 Å². The molecule has 3 rings (SSSR count). The smallest absolute Gasteiger partial charge is 0.253 e. The van der Waals surface area contributed by atoms with Gasteiger partial charge in [0.15, 0.2) is 0 Å². The van der Waals surface area contributed by atoms with Crippen molar-refractivity contribution in [2.45, 2.75) is 13.0 Å². The van der Waals surface area contributed by atoms with Crippen molar-refractivity contribution in [3.8, 4) is 0 Å². The molecule has 5 nitrogen and oxygen atoms in total. The van der Waals surface area contributed by atoms with Crippen LogP contribution in [0.4, 0.5) is 17.1 Å². The number of anilines is 3. The zero-order valence-electron chi connectivity index (χ0n) is 12.3. The zero-order valence-corrected chi connectivity index (χ0v) is 13.1. The van der Waals surface area contributed by atoms with Gasteiger partial charge in [-0.15, -0.1) is 0 Å². The van der Waals surface area contributed by atoms with Crippen LogP contribution in [0, 0.1) is 0 Å². The van der Waals surface area contributed by atoms with Gasteiger partial charge in [0.05, 0.1) is 0 Å². The monoisotopic (exact) mass is 327 g/mol. The number of pyridine rings is 1. The molecule has 3 aromatic rings. The molecule has 0 bridgehead atoms. The van der Waals surface area contributed by atoms with E-state index in [4.69, 9.17) is 11.6 Å². The van der Waals surface area contributed by atoms with Gasteiger partial charge >= 0.3 is 0 Å². The van der Waals surface area contributed by atoms with Crippen LogP contribution >= 0.6 is 11.6 Å². The van der Waals surface area contributed by atoms with Crippen molar-refractivity contribution in [2.75, 3.05) is 10.6 Å². The lowest BCUT2D eigenvalue weighted by Crippen LogP contribution is -2.37. The van der Waals surface area contributed by atoms with Crippen LogP contribution in [-0.2, 0) is 0 Å². The molecule has 0 aliphatic heterocycles. The van der Waals surface area contributed by atoms with Gasteiger partial charge in [-0.2, -0.15) is 0 Å². The highest BCUT2D eigenvalue weighted by Crippen LogP contribution is 2.25. The average Bonchev–Trinajstić information content (AvgIpc) is 2.59. The molecule has 2 aromatic carbocycles. The van der Waals surface area contributed by atoms with Crippen molar-refractivity contribution in [3.05, 3.63) is 79.8 Å². The van der Waals surface area contributed by atoms with Crippen molar-refractivity contribution in [3.63, 3.8) is 0 Å². The van der Waals surface area contributed by atoms with E-state index in [0.29, 0.717) is 16.4 Å². The SMILES string of the molecule is C[C@H](Nc1c(Nc2ccncc2)c(=O)c1=O)c1ccc(Cl)cc1. The van der Waals surface area contributed by atoms with Crippen LogP contribution in [0.1, 0.15) is 18.5 Å². The minimum absolute atomic E-state index is 0.131. The first kappa shape index (κ1) is 15.2. The fourth-order valence-corrected chi connectivity index (χ4v) is 2.41. The minimum atomic E-state index is -0.521. The Kier molecular flexibility index (Phi) is 4.12. The van der Waals surface area contributed by atoms with Gasteiger partial charge in [-0.1, -0.05) is 23.7 Å². The molecular weight excluding hydrogens is 314 g/mol. The summed E-state index contributed by atoms with van der Waals surface area (Å²) in [5.74, 6) is 0. The van der Waals surface area contributed by atoms with Gasteiger partial charge in [0.25, 0.3) is 10.9 Å². The summed E-state index contributed by atoms with van der Waals surface area (Å²) in [5.41, 5.74) is 1.22. The molecule has 0 spiro atoms. The third-order valence-corrected chi connectivity index (χ3v) is 3.84. The predicted octanol–water partition coefficient (Wildman–Crippen LogP) is 3.25. The van der Waals surface area contributed by atoms with E-state index in [9.17, 15) is 9.59 Å². The Bertz CT molecular complexity index is 885. The van der Waals surface area contributed by atoms with E-state index in [1.54, 1.807) is 36.7 Å². The lowest BCUT2D eigenvalue weighted by Gasteiger charge is -2.20. The summed E-state index contributed by atoms with van der Waals surface area (Å²) in [6.07, 6.45) is 3.22. The first-order chi connectivity index (χ1) is 11.1. The van der Waals surface area contributed by atoms with E-state index in [-0.39, 0.29) is 11.7 Å².